The normalized spacial score (nSPS) is 13.6. The van der Waals surface area contributed by atoms with Gasteiger partial charge in [0, 0.05) is 18.5 Å². The van der Waals surface area contributed by atoms with E-state index in [0.29, 0.717) is 5.92 Å². The van der Waals surface area contributed by atoms with E-state index < -0.39 is 4.92 Å². The first kappa shape index (κ1) is 17.4. The quantitative estimate of drug-likeness (QED) is 0.440. The molecule has 0 atom stereocenters. The molecule has 0 radical (unpaired) electrons. The Bertz CT molecular complexity index is 788. The molecule has 1 saturated carbocycles. The number of anilines is 1. The largest absolute Gasteiger partial charge is 0.320 e. The van der Waals surface area contributed by atoms with Crippen molar-refractivity contribution in [3.8, 4) is 0 Å². The summed E-state index contributed by atoms with van der Waals surface area (Å²) in [6.07, 6.45) is 3.25. The van der Waals surface area contributed by atoms with E-state index in [9.17, 15) is 14.9 Å². The van der Waals surface area contributed by atoms with E-state index in [0.717, 1.165) is 36.8 Å². The number of nitrogens with one attached hydrogen (secondary N) is 1. The third kappa shape index (κ3) is 4.16. The lowest BCUT2D eigenvalue weighted by Gasteiger charge is -2.08. The van der Waals surface area contributed by atoms with Crippen LogP contribution in [0.25, 0.3) is 0 Å². The molecule has 1 aromatic carbocycles. The van der Waals surface area contributed by atoms with Crippen LogP contribution in [0, 0.1) is 10.1 Å². The number of nitro benzene ring substituents is 1. The lowest BCUT2D eigenvalue weighted by atomic mass is 10.2. The molecule has 1 aliphatic rings. The van der Waals surface area contributed by atoms with E-state index in [1.54, 1.807) is 12.1 Å². The Balaban J connectivity index is 1.64. The Morgan fingerprint density at radius 2 is 2.16 bits per heavy atom. The fraction of sp³-hybridized carbons (Fsp3) is 0.438. The van der Waals surface area contributed by atoms with Crippen molar-refractivity contribution in [3.63, 3.8) is 0 Å². The highest BCUT2D eigenvalue weighted by atomic mass is 32.2. The molecule has 0 saturated heterocycles. The van der Waals surface area contributed by atoms with Gasteiger partial charge in [-0.15, -0.1) is 10.2 Å². The van der Waals surface area contributed by atoms with E-state index in [1.165, 1.54) is 23.9 Å². The molecule has 1 fully saturated rings. The molecule has 2 aromatic rings. The number of nitro groups is 1. The molecule has 0 bridgehead atoms. The summed E-state index contributed by atoms with van der Waals surface area (Å²) in [7, 11) is 0. The van der Waals surface area contributed by atoms with Crippen molar-refractivity contribution in [2.75, 3.05) is 11.1 Å². The van der Waals surface area contributed by atoms with Crippen LogP contribution in [0.2, 0.25) is 0 Å². The summed E-state index contributed by atoms with van der Waals surface area (Å²) in [6, 6.07) is 6.10. The first-order valence-corrected chi connectivity index (χ1v) is 9.18. The minimum Gasteiger partial charge on any atom is -0.320 e. The van der Waals surface area contributed by atoms with Gasteiger partial charge in [0.1, 0.15) is 11.5 Å². The van der Waals surface area contributed by atoms with Gasteiger partial charge in [-0.3, -0.25) is 14.9 Å². The topological polar surface area (TPSA) is 103 Å². The summed E-state index contributed by atoms with van der Waals surface area (Å²) in [5.41, 5.74) is 0.0813. The maximum Gasteiger partial charge on any atom is 0.292 e. The minimum atomic E-state index is -0.511. The molecule has 0 spiro atoms. The van der Waals surface area contributed by atoms with Gasteiger partial charge >= 0.3 is 0 Å². The molecule has 9 heteroatoms. The SMILES string of the molecule is CCCn1c(SCC(=O)Nc2ccccc2[N+](=O)[O-])nnc1C1CC1. The number of hydrogen-bond acceptors (Lipinski definition) is 6. The number of hydrogen-bond donors (Lipinski definition) is 1. The number of carbonyl (C=O) groups excluding carboxylic acids is 1. The monoisotopic (exact) mass is 361 g/mol. The highest BCUT2D eigenvalue weighted by molar-refractivity contribution is 7.99. The molecule has 8 nitrogen and oxygen atoms in total. The van der Waals surface area contributed by atoms with Gasteiger partial charge in [0.05, 0.1) is 10.7 Å². The standard InChI is InChI=1S/C16H19N5O3S/c1-2-9-20-15(11-7-8-11)18-19-16(20)25-10-14(22)17-12-5-3-4-6-13(12)21(23)24/h3-6,11H,2,7-10H2,1H3,(H,17,22). The molecular weight excluding hydrogens is 342 g/mol. The third-order valence-corrected chi connectivity index (χ3v) is 4.81. The lowest BCUT2D eigenvalue weighted by molar-refractivity contribution is -0.383. The maximum atomic E-state index is 12.2. The van der Waals surface area contributed by atoms with Crippen LogP contribution in [0.1, 0.15) is 37.9 Å². The zero-order valence-electron chi connectivity index (χ0n) is 13.8. The molecule has 1 amide bonds. The van der Waals surface area contributed by atoms with Crippen LogP contribution in [-0.4, -0.2) is 31.3 Å². The van der Waals surface area contributed by atoms with Gasteiger partial charge < -0.3 is 9.88 Å². The molecule has 1 N–H and O–H groups in total. The summed E-state index contributed by atoms with van der Waals surface area (Å²) in [6.45, 7) is 2.92. The van der Waals surface area contributed by atoms with Gasteiger partial charge in [-0.05, 0) is 25.3 Å². The van der Waals surface area contributed by atoms with Crippen molar-refractivity contribution in [1.82, 2.24) is 14.8 Å². The molecule has 1 aliphatic carbocycles. The Hall–Kier alpha value is -2.42. The maximum absolute atomic E-state index is 12.2. The molecular formula is C16H19N5O3S. The molecule has 1 aromatic heterocycles. The molecule has 0 aliphatic heterocycles. The number of aromatic nitrogens is 3. The Morgan fingerprint density at radius 1 is 1.40 bits per heavy atom. The zero-order valence-corrected chi connectivity index (χ0v) is 14.7. The van der Waals surface area contributed by atoms with Crippen molar-refractivity contribution in [3.05, 3.63) is 40.2 Å². The average Bonchev–Trinajstić information content (AvgIpc) is 3.36. The van der Waals surface area contributed by atoms with Gasteiger partial charge in [-0.25, -0.2) is 0 Å². The van der Waals surface area contributed by atoms with Crippen molar-refractivity contribution in [2.45, 2.75) is 43.8 Å². The van der Waals surface area contributed by atoms with Crippen molar-refractivity contribution in [2.24, 2.45) is 0 Å². The van der Waals surface area contributed by atoms with E-state index in [2.05, 4.69) is 27.0 Å². The summed E-state index contributed by atoms with van der Waals surface area (Å²) in [5.74, 6) is 1.31. The van der Waals surface area contributed by atoms with E-state index in [4.69, 9.17) is 0 Å². The lowest BCUT2D eigenvalue weighted by Crippen LogP contribution is -2.15. The van der Waals surface area contributed by atoms with Crippen LogP contribution in [0.5, 0.6) is 0 Å². The van der Waals surface area contributed by atoms with Crippen molar-refractivity contribution < 1.29 is 9.72 Å². The van der Waals surface area contributed by atoms with Gasteiger partial charge in [0.2, 0.25) is 5.91 Å². The van der Waals surface area contributed by atoms with Crippen LogP contribution >= 0.6 is 11.8 Å². The van der Waals surface area contributed by atoms with E-state index in [1.807, 2.05) is 0 Å². The van der Waals surface area contributed by atoms with E-state index in [-0.39, 0.29) is 23.0 Å². The van der Waals surface area contributed by atoms with E-state index >= 15 is 0 Å². The predicted molar refractivity (Wildman–Crippen MR) is 94.7 cm³/mol. The van der Waals surface area contributed by atoms with Crippen LogP contribution in [0.3, 0.4) is 0 Å². The summed E-state index contributed by atoms with van der Waals surface area (Å²) < 4.78 is 2.08. The van der Waals surface area contributed by atoms with Crippen LogP contribution in [0.15, 0.2) is 29.4 Å². The smallest absolute Gasteiger partial charge is 0.292 e. The molecule has 25 heavy (non-hydrogen) atoms. The summed E-state index contributed by atoms with van der Waals surface area (Å²) in [4.78, 5) is 22.7. The number of amides is 1. The predicted octanol–water partition coefficient (Wildman–Crippen LogP) is 3.20. The highest BCUT2D eigenvalue weighted by Crippen LogP contribution is 2.40. The Kier molecular flexibility index (Phi) is 5.32. The van der Waals surface area contributed by atoms with Crippen LogP contribution < -0.4 is 5.32 Å². The fourth-order valence-electron chi connectivity index (χ4n) is 2.54. The van der Waals surface area contributed by atoms with Crippen molar-refractivity contribution >= 4 is 29.0 Å². The summed E-state index contributed by atoms with van der Waals surface area (Å²) >= 11 is 1.30. The van der Waals surface area contributed by atoms with Gasteiger partial charge in [0.25, 0.3) is 5.69 Å². The molecule has 1 heterocycles. The number of para-hydroxylation sites is 2. The number of rotatable bonds is 8. The summed E-state index contributed by atoms with van der Waals surface area (Å²) in [5, 5.41) is 22.8. The van der Waals surface area contributed by atoms with Crippen LogP contribution in [-0.2, 0) is 11.3 Å². The Labute approximate surface area is 149 Å². The second-order valence-corrected chi connectivity index (χ2v) is 6.82. The highest BCUT2D eigenvalue weighted by Gasteiger charge is 2.30. The number of thioether (sulfide) groups is 1. The van der Waals surface area contributed by atoms with Gasteiger partial charge in [-0.1, -0.05) is 30.8 Å². The number of benzene rings is 1. The van der Waals surface area contributed by atoms with Crippen LogP contribution in [0.4, 0.5) is 11.4 Å². The zero-order chi connectivity index (χ0) is 17.8. The molecule has 0 unspecified atom stereocenters. The first-order valence-electron chi connectivity index (χ1n) is 8.19. The average molecular weight is 361 g/mol. The fourth-order valence-corrected chi connectivity index (χ4v) is 3.31. The molecule has 132 valence electrons. The number of nitrogens with zero attached hydrogens (tertiary/aromatic N) is 4. The Morgan fingerprint density at radius 3 is 2.84 bits per heavy atom. The second-order valence-electron chi connectivity index (χ2n) is 5.88. The van der Waals surface area contributed by atoms with Gasteiger partial charge in [-0.2, -0.15) is 0 Å². The first-order chi connectivity index (χ1) is 12.1. The van der Waals surface area contributed by atoms with Crippen molar-refractivity contribution in [1.29, 1.82) is 0 Å². The third-order valence-electron chi connectivity index (χ3n) is 3.84. The minimum absolute atomic E-state index is 0.119. The molecule has 3 rings (SSSR count). The van der Waals surface area contributed by atoms with Gasteiger partial charge in [0.15, 0.2) is 5.16 Å². The second kappa shape index (κ2) is 7.64. The number of carbonyl (C=O) groups is 1.